The zero-order chi connectivity index (χ0) is 32.2. The molecular formula is C36H54N4O3. The van der Waals surface area contributed by atoms with E-state index in [2.05, 4.69) is 92.4 Å². The molecule has 0 radical (unpaired) electrons. The van der Waals surface area contributed by atoms with E-state index < -0.39 is 5.41 Å². The second-order valence-corrected chi connectivity index (χ2v) is 16.8. The monoisotopic (exact) mass is 590 g/mol. The number of nitrogens with one attached hydrogen (secondary N) is 1. The van der Waals surface area contributed by atoms with Crippen LogP contribution in [0.4, 0.5) is 0 Å². The number of aliphatic imine (C=N–C) groups is 3. The molecule has 0 saturated carbocycles. The largest absolute Gasteiger partial charge is 0.375 e. The fourth-order valence-electron chi connectivity index (χ4n) is 5.81. The number of ether oxygens (including phenoxy) is 2. The third-order valence-electron chi connectivity index (χ3n) is 8.76. The summed E-state index contributed by atoms with van der Waals surface area (Å²) in [6.45, 7) is 30.7. The van der Waals surface area contributed by atoms with Gasteiger partial charge in [0.1, 0.15) is 0 Å². The number of carbonyl (C=O) groups excluding carboxylic acids is 1. The average Bonchev–Trinajstić information content (AvgIpc) is 3.47. The summed E-state index contributed by atoms with van der Waals surface area (Å²) in [4.78, 5) is 27.6. The van der Waals surface area contributed by atoms with Gasteiger partial charge in [0.25, 0.3) is 0 Å². The second-order valence-electron chi connectivity index (χ2n) is 16.8. The van der Waals surface area contributed by atoms with Crippen molar-refractivity contribution in [1.82, 2.24) is 5.32 Å². The van der Waals surface area contributed by atoms with Crippen molar-refractivity contribution in [2.45, 2.75) is 120 Å². The molecule has 2 unspecified atom stereocenters. The molecule has 4 heterocycles. The predicted molar refractivity (Wildman–Crippen MR) is 177 cm³/mol. The van der Waals surface area contributed by atoms with Gasteiger partial charge in [-0.1, -0.05) is 48.1 Å². The van der Waals surface area contributed by atoms with Crippen molar-refractivity contribution in [3.63, 3.8) is 0 Å². The van der Waals surface area contributed by atoms with E-state index in [4.69, 9.17) is 24.5 Å². The van der Waals surface area contributed by atoms with Crippen LogP contribution in [-0.2, 0) is 14.3 Å². The van der Waals surface area contributed by atoms with Crippen molar-refractivity contribution >= 4 is 23.0 Å². The van der Waals surface area contributed by atoms with Gasteiger partial charge in [0.15, 0.2) is 0 Å². The molecule has 0 bridgehead atoms. The highest BCUT2D eigenvalue weighted by Gasteiger charge is 2.43. The van der Waals surface area contributed by atoms with Crippen LogP contribution in [0.25, 0.3) is 0 Å². The second kappa shape index (κ2) is 11.1. The van der Waals surface area contributed by atoms with E-state index in [1.807, 2.05) is 20.8 Å². The molecule has 1 amide bonds. The van der Waals surface area contributed by atoms with E-state index in [0.29, 0.717) is 19.6 Å². The van der Waals surface area contributed by atoms with Gasteiger partial charge in [-0.25, -0.2) is 0 Å². The molecule has 1 saturated heterocycles. The Morgan fingerprint density at radius 3 is 1.86 bits per heavy atom. The first-order valence-corrected chi connectivity index (χ1v) is 15.7. The highest BCUT2D eigenvalue weighted by atomic mass is 16.5. The quantitative estimate of drug-likeness (QED) is 0.327. The van der Waals surface area contributed by atoms with Crippen molar-refractivity contribution in [2.75, 3.05) is 13.2 Å². The Morgan fingerprint density at radius 1 is 0.744 bits per heavy atom. The molecule has 0 aromatic heterocycles. The Morgan fingerprint density at radius 2 is 1.30 bits per heavy atom. The van der Waals surface area contributed by atoms with Gasteiger partial charge in [-0.3, -0.25) is 19.8 Å². The fourth-order valence-corrected chi connectivity index (χ4v) is 5.81. The van der Waals surface area contributed by atoms with E-state index in [1.54, 1.807) is 0 Å². The Hall–Kier alpha value is -2.64. The Kier molecular flexibility index (Phi) is 8.56. The van der Waals surface area contributed by atoms with Gasteiger partial charge >= 0.3 is 0 Å². The number of hydrogen-bond donors (Lipinski definition) is 1. The fraction of sp³-hybridized carbons (Fsp3) is 0.667. The average molecular weight is 591 g/mol. The Labute approximate surface area is 259 Å². The lowest BCUT2D eigenvalue weighted by Crippen LogP contribution is -2.34. The van der Waals surface area contributed by atoms with E-state index in [-0.39, 0.29) is 33.4 Å². The van der Waals surface area contributed by atoms with Gasteiger partial charge in [0, 0.05) is 81.6 Å². The minimum absolute atomic E-state index is 0.0213. The van der Waals surface area contributed by atoms with Crippen LogP contribution in [0, 0.1) is 21.7 Å². The first kappa shape index (κ1) is 33.3. The first-order chi connectivity index (χ1) is 19.5. The van der Waals surface area contributed by atoms with Crippen molar-refractivity contribution in [3.8, 4) is 0 Å². The highest BCUT2D eigenvalue weighted by molar-refractivity contribution is 6.06. The van der Waals surface area contributed by atoms with Gasteiger partial charge in [-0.15, -0.1) is 0 Å². The van der Waals surface area contributed by atoms with Crippen LogP contribution in [0.15, 0.2) is 62.6 Å². The van der Waals surface area contributed by atoms with Gasteiger partial charge < -0.3 is 14.8 Å². The van der Waals surface area contributed by atoms with Crippen molar-refractivity contribution < 1.29 is 14.3 Å². The molecule has 7 nitrogen and oxygen atoms in total. The maximum atomic E-state index is 12.5. The minimum Gasteiger partial charge on any atom is -0.375 e. The van der Waals surface area contributed by atoms with Crippen molar-refractivity contribution in [1.29, 1.82) is 0 Å². The summed E-state index contributed by atoms with van der Waals surface area (Å²) in [5, 5.41) is 3.09. The summed E-state index contributed by atoms with van der Waals surface area (Å²) >= 11 is 0. The Bertz CT molecular complexity index is 1370. The van der Waals surface area contributed by atoms with Crippen LogP contribution < -0.4 is 5.32 Å². The number of allylic oxidation sites excluding steroid dienone is 6. The predicted octanol–water partition coefficient (Wildman–Crippen LogP) is 7.90. The number of nitrogens with zero attached hydrogens (tertiary/aromatic N) is 3. The summed E-state index contributed by atoms with van der Waals surface area (Å²) in [5.41, 5.74) is 5.32. The third kappa shape index (κ3) is 7.91. The summed E-state index contributed by atoms with van der Waals surface area (Å²) in [6, 6.07) is 0. The highest BCUT2D eigenvalue weighted by Crippen LogP contribution is 2.44. The lowest BCUT2D eigenvalue weighted by molar-refractivity contribution is -0.120. The SMILES string of the molecule is C=C1N=C(/C=C2\CC(C)(COC(C)(C)C)C(/C=C3N=C(/C=C4/NC(=O)CC4(C)COC(C)(C)C)CC/3(C)C)=N2)CC1(C)C. The molecule has 4 aliphatic heterocycles. The third-order valence-corrected chi connectivity index (χ3v) is 8.76. The Balaban J connectivity index is 1.68. The summed E-state index contributed by atoms with van der Waals surface area (Å²) in [6.07, 6.45) is 9.19. The first-order valence-electron chi connectivity index (χ1n) is 15.7. The number of carbonyl (C=O) groups is 1. The van der Waals surface area contributed by atoms with Crippen LogP contribution in [0.2, 0.25) is 0 Å². The molecule has 2 atom stereocenters. The lowest BCUT2D eigenvalue weighted by Gasteiger charge is -2.30. The van der Waals surface area contributed by atoms with Gasteiger partial charge in [0.2, 0.25) is 5.91 Å². The summed E-state index contributed by atoms with van der Waals surface area (Å²) < 4.78 is 12.5. The number of hydrogen-bond acceptors (Lipinski definition) is 6. The summed E-state index contributed by atoms with van der Waals surface area (Å²) in [7, 11) is 0. The van der Waals surface area contributed by atoms with Gasteiger partial charge in [-0.2, -0.15) is 0 Å². The smallest absolute Gasteiger partial charge is 0.225 e. The number of rotatable bonds is 7. The van der Waals surface area contributed by atoms with Crippen molar-refractivity contribution in [3.05, 3.63) is 47.6 Å². The standard InChI is InChI=1S/C36H54N4O3/c1-23-33(8,9)17-24(37-23)14-25-19-35(12,21-42-31(2,3)4)29(39-25)16-27-34(10,11)18-26(38-27)15-28-36(13,20-30(41)40-28)22-43-32(5,6)7/h14-16H,1,17-22H2,2-13H3,(H,40,41)/b25-14+,27-16+,28-15+. The molecule has 4 rings (SSSR count). The van der Waals surface area contributed by atoms with Crippen LogP contribution in [-0.4, -0.2) is 47.5 Å². The van der Waals surface area contributed by atoms with E-state index >= 15 is 0 Å². The molecule has 43 heavy (non-hydrogen) atoms. The van der Waals surface area contributed by atoms with Crippen LogP contribution >= 0.6 is 0 Å². The van der Waals surface area contributed by atoms with E-state index in [0.717, 1.165) is 59.2 Å². The van der Waals surface area contributed by atoms with Crippen molar-refractivity contribution in [2.24, 2.45) is 36.6 Å². The van der Waals surface area contributed by atoms with Gasteiger partial charge in [-0.05, 0) is 59.8 Å². The maximum absolute atomic E-state index is 12.5. The zero-order valence-corrected chi connectivity index (χ0v) is 28.7. The zero-order valence-electron chi connectivity index (χ0n) is 28.7. The molecular weight excluding hydrogens is 536 g/mol. The molecule has 0 spiro atoms. The topological polar surface area (TPSA) is 84.6 Å². The molecule has 236 valence electrons. The molecule has 4 aliphatic rings. The molecule has 7 heteroatoms. The summed E-state index contributed by atoms with van der Waals surface area (Å²) in [5.74, 6) is 0.0213. The lowest BCUT2D eigenvalue weighted by atomic mass is 9.80. The van der Waals surface area contributed by atoms with Crippen LogP contribution in [0.5, 0.6) is 0 Å². The molecule has 1 N–H and O–H groups in total. The van der Waals surface area contributed by atoms with E-state index in [9.17, 15) is 4.79 Å². The molecule has 0 aliphatic carbocycles. The van der Waals surface area contributed by atoms with Gasteiger partial charge in [0.05, 0.1) is 30.1 Å². The normalized spacial score (nSPS) is 31.7. The molecule has 0 aromatic rings. The van der Waals surface area contributed by atoms with E-state index in [1.165, 1.54) is 0 Å². The maximum Gasteiger partial charge on any atom is 0.225 e. The van der Waals surface area contributed by atoms with Crippen LogP contribution in [0.3, 0.4) is 0 Å². The number of amides is 1. The van der Waals surface area contributed by atoms with Crippen LogP contribution in [0.1, 0.15) is 109 Å². The minimum atomic E-state index is -0.412. The molecule has 1 fully saturated rings. The molecule has 0 aromatic carbocycles.